The number of hydrogen-bond donors (Lipinski definition) is 0. The summed E-state index contributed by atoms with van der Waals surface area (Å²) in [5, 5.41) is 30.7. The Hall–Kier alpha value is -3.36. The average Bonchev–Trinajstić information content (AvgIpc) is 2.48. The van der Waals surface area contributed by atoms with E-state index in [4.69, 9.17) is 0 Å². The third-order valence-corrected chi connectivity index (χ3v) is 2.74. The van der Waals surface area contributed by atoms with Crippen LogP contribution in [0.25, 0.3) is 0 Å². The van der Waals surface area contributed by atoms with Crippen molar-refractivity contribution in [2.75, 3.05) is 0 Å². The molecule has 0 aliphatic rings. The number of rotatable bonds is 4. The van der Waals surface area contributed by atoms with E-state index in [9.17, 15) is 30.3 Å². The number of aryl methyl sites for hydroxylation is 1. The summed E-state index contributed by atoms with van der Waals surface area (Å²) in [7, 11) is 0. The second-order valence-electron chi connectivity index (χ2n) is 4.45. The third-order valence-electron chi connectivity index (χ3n) is 2.74. The Labute approximate surface area is 130 Å². The summed E-state index contributed by atoms with van der Waals surface area (Å²) in [5.74, 6) is 0. The Morgan fingerprint density at radius 1 is 0.783 bits per heavy atom. The van der Waals surface area contributed by atoms with Gasteiger partial charge in [0.1, 0.15) is 15.4 Å². The van der Waals surface area contributed by atoms with Gasteiger partial charge in [0, 0.05) is 12.1 Å². The van der Waals surface area contributed by atoms with Crippen molar-refractivity contribution in [1.82, 2.24) is 0 Å². The van der Waals surface area contributed by atoms with Crippen LogP contribution in [-0.2, 0) is 0 Å². The normalized spacial score (nSPS) is 9.65. The second kappa shape index (κ2) is 8.17. The molecule has 0 atom stereocenters. The Morgan fingerprint density at radius 3 is 1.65 bits per heavy atom. The highest BCUT2D eigenvalue weighted by atomic mass is 16.7. The van der Waals surface area contributed by atoms with E-state index in [2.05, 4.69) is 0 Å². The van der Waals surface area contributed by atoms with E-state index in [-0.39, 0.29) is 11.3 Å². The number of hydrogen-bond acceptors (Lipinski definition) is 6. The van der Waals surface area contributed by atoms with Crippen molar-refractivity contribution in [2.45, 2.75) is 13.1 Å². The maximum absolute atomic E-state index is 10.3. The van der Waals surface area contributed by atoms with Gasteiger partial charge in [0.05, 0.1) is 4.92 Å². The monoisotopic (exact) mass is 319 g/mol. The topological polar surface area (TPSA) is 129 Å². The van der Waals surface area contributed by atoms with Crippen LogP contribution in [0, 0.1) is 37.3 Å². The van der Waals surface area contributed by atoms with Crippen molar-refractivity contribution in [3.05, 3.63) is 96.1 Å². The SMILES string of the molecule is Cc1ccc([N+](=O)[O-])cc1.O=[N+]([O-])C(c1ccccc1)[N+](=O)[O-]. The van der Waals surface area contributed by atoms with E-state index in [0.717, 1.165) is 5.56 Å². The van der Waals surface area contributed by atoms with E-state index in [0.29, 0.717) is 0 Å². The molecule has 0 amide bonds. The Bertz CT molecular complexity index is 673. The molecule has 0 aliphatic carbocycles. The van der Waals surface area contributed by atoms with Crippen LogP contribution in [0.5, 0.6) is 0 Å². The molecule has 0 saturated carbocycles. The number of benzene rings is 2. The van der Waals surface area contributed by atoms with Gasteiger partial charge in [0.25, 0.3) is 5.69 Å². The molecule has 9 nitrogen and oxygen atoms in total. The summed E-state index contributed by atoms with van der Waals surface area (Å²) >= 11 is 0. The maximum atomic E-state index is 10.3. The van der Waals surface area contributed by atoms with Crippen LogP contribution in [0.15, 0.2) is 54.6 Å². The zero-order chi connectivity index (χ0) is 17.4. The van der Waals surface area contributed by atoms with Gasteiger partial charge in [-0.1, -0.05) is 35.9 Å². The van der Waals surface area contributed by atoms with Crippen molar-refractivity contribution in [3.8, 4) is 0 Å². The molecule has 0 saturated heterocycles. The van der Waals surface area contributed by atoms with E-state index in [1.54, 1.807) is 18.2 Å². The first kappa shape index (κ1) is 17.7. The standard InChI is InChI=1S/C7H6N2O4.C7H7NO2/c10-8(11)7(9(12)13)6-4-2-1-3-5-6;1-6-2-4-7(5-3-6)8(9)10/h1-5,7H;2-5H,1H3. The van der Waals surface area contributed by atoms with Gasteiger partial charge in [-0.25, -0.2) is 0 Å². The molecule has 2 aromatic rings. The predicted molar refractivity (Wildman–Crippen MR) is 81.0 cm³/mol. The highest BCUT2D eigenvalue weighted by Crippen LogP contribution is 2.15. The van der Waals surface area contributed by atoms with Gasteiger partial charge in [-0.3, -0.25) is 30.3 Å². The summed E-state index contributed by atoms with van der Waals surface area (Å²) < 4.78 is 0. The van der Waals surface area contributed by atoms with Crippen LogP contribution in [0.3, 0.4) is 0 Å². The minimum absolute atomic E-state index is 0.0810. The van der Waals surface area contributed by atoms with E-state index < -0.39 is 20.9 Å². The lowest BCUT2D eigenvalue weighted by Crippen LogP contribution is -2.19. The average molecular weight is 319 g/mol. The predicted octanol–water partition coefficient (Wildman–Crippen LogP) is 3.14. The quantitative estimate of drug-likeness (QED) is 0.483. The summed E-state index contributed by atoms with van der Waals surface area (Å²) in [6.45, 7) is 1.89. The van der Waals surface area contributed by atoms with Gasteiger partial charge in [0.15, 0.2) is 0 Å². The molecule has 0 spiro atoms. The summed E-state index contributed by atoms with van der Waals surface area (Å²) in [6.07, 6.45) is -1.86. The molecule has 2 aromatic carbocycles. The molecule has 0 bridgehead atoms. The van der Waals surface area contributed by atoms with Crippen LogP contribution in [0.4, 0.5) is 5.69 Å². The molecule has 0 unspecified atom stereocenters. The van der Waals surface area contributed by atoms with Gasteiger partial charge < -0.3 is 0 Å². The summed E-state index contributed by atoms with van der Waals surface area (Å²) in [5.41, 5.74) is 1.26. The van der Waals surface area contributed by atoms with Gasteiger partial charge in [-0.15, -0.1) is 0 Å². The highest BCUT2D eigenvalue weighted by molar-refractivity contribution is 5.32. The van der Waals surface area contributed by atoms with Gasteiger partial charge in [-0.05, 0) is 19.1 Å². The van der Waals surface area contributed by atoms with Gasteiger partial charge >= 0.3 is 6.17 Å². The molecule has 0 radical (unpaired) electrons. The molecular weight excluding hydrogens is 306 g/mol. The van der Waals surface area contributed by atoms with Gasteiger partial charge in [0.2, 0.25) is 0 Å². The molecule has 0 fully saturated rings. The van der Waals surface area contributed by atoms with Crippen LogP contribution in [-0.4, -0.2) is 14.8 Å². The number of nitro groups is 3. The fourth-order valence-electron chi connectivity index (χ4n) is 1.61. The molecule has 120 valence electrons. The molecule has 2 rings (SSSR count). The first-order valence-electron chi connectivity index (χ1n) is 6.36. The molecule has 0 aliphatic heterocycles. The van der Waals surface area contributed by atoms with Crippen molar-refractivity contribution < 1.29 is 14.8 Å². The largest absolute Gasteiger partial charge is 0.476 e. The summed E-state index contributed by atoms with van der Waals surface area (Å²) in [6, 6.07) is 13.8. The minimum atomic E-state index is -1.86. The van der Waals surface area contributed by atoms with E-state index >= 15 is 0 Å². The molecular formula is C14H13N3O6. The van der Waals surface area contributed by atoms with Gasteiger partial charge in [-0.2, -0.15) is 0 Å². The van der Waals surface area contributed by atoms with Crippen LogP contribution >= 0.6 is 0 Å². The van der Waals surface area contributed by atoms with Crippen LogP contribution < -0.4 is 0 Å². The second-order valence-corrected chi connectivity index (χ2v) is 4.45. The third kappa shape index (κ3) is 5.50. The first-order chi connectivity index (χ1) is 10.8. The highest BCUT2D eigenvalue weighted by Gasteiger charge is 2.33. The van der Waals surface area contributed by atoms with Crippen molar-refractivity contribution >= 4 is 5.69 Å². The lowest BCUT2D eigenvalue weighted by Gasteiger charge is -2.00. The molecule has 23 heavy (non-hydrogen) atoms. The number of nitro benzene ring substituents is 1. The van der Waals surface area contributed by atoms with Crippen molar-refractivity contribution in [3.63, 3.8) is 0 Å². The minimum Gasteiger partial charge on any atom is -0.258 e. The molecule has 9 heteroatoms. The van der Waals surface area contributed by atoms with E-state index in [1.165, 1.54) is 36.4 Å². The lowest BCUT2D eigenvalue weighted by atomic mass is 10.2. The maximum Gasteiger partial charge on any atom is 0.476 e. The Morgan fingerprint density at radius 2 is 1.26 bits per heavy atom. The van der Waals surface area contributed by atoms with Crippen molar-refractivity contribution in [2.24, 2.45) is 0 Å². The fraction of sp³-hybridized carbons (Fsp3) is 0.143. The van der Waals surface area contributed by atoms with E-state index in [1.807, 2.05) is 6.92 Å². The lowest BCUT2D eigenvalue weighted by molar-refractivity contribution is -0.752. The summed E-state index contributed by atoms with van der Waals surface area (Å²) in [4.78, 5) is 28.5. The molecule has 0 heterocycles. The smallest absolute Gasteiger partial charge is 0.258 e. The van der Waals surface area contributed by atoms with Crippen molar-refractivity contribution in [1.29, 1.82) is 0 Å². The molecule has 0 aromatic heterocycles. The Balaban J connectivity index is 0.000000238. The molecule has 0 N–H and O–H groups in total. The first-order valence-corrected chi connectivity index (χ1v) is 6.36. The van der Waals surface area contributed by atoms with Crippen LogP contribution in [0.2, 0.25) is 0 Å². The van der Waals surface area contributed by atoms with Crippen LogP contribution in [0.1, 0.15) is 17.3 Å². The number of nitrogens with zero attached hydrogens (tertiary/aromatic N) is 3. The zero-order valence-corrected chi connectivity index (χ0v) is 12.1. The number of non-ortho nitro benzene ring substituents is 1. The zero-order valence-electron chi connectivity index (χ0n) is 12.1. The fourth-order valence-corrected chi connectivity index (χ4v) is 1.61. The Kier molecular flexibility index (Phi) is 6.29.